The summed E-state index contributed by atoms with van der Waals surface area (Å²) in [6, 6.07) is 12.5. The second-order valence-electron chi connectivity index (χ2n) is 5.10. The molecule has 1 atom stereocenters. The minimum Gasteiger partial charge on any atom is -0.469 e. The molecule has 0 aliphatic heterocycles. The summed E-state index contributed by atoms with van der Waals surface area (Å²) in [6.45, 7) is 2.94. The van der Waals surface area contributed by atoms with Gasteiger partial charge in [-0.2, -0.15) is 0 Å². The van der Waals surface area contributed by atoms with Gasteiger partial charge in [0.1, 0.15) is 11.6 Å². The van der Waals surface area contributed by atoms with E-state index in [0.29, 0.717) is 6.04 Å². The average molecular weight is 269 g/mol. The quantitative estimate of drug-likeness (QED) is 0.722. The van der Waals surface area contributed by atoms with Gasteiger partial charge in [-0.25, -0.2) is 4.98 Å². The lowest BCUT2D eigenvalue weighted by molar-refractivity contribution is 0.457. The molecule has 0 saturated heterocycles. The van der Waals surface area contributed by atoms with Crippen LogP contribution in [0.5, 0.6) is 0 Å². The van der Waals surface area contributed by atoms with Gasteiger partial charge in [-0.1, -0.05) is 12.1 Å². The molecule has 1 unspecified atom stereocenters. The second-order valence-corrected chi connectivity index (χ2v) is 5.10. The van der Waals surface area contributed by atoms with E-state index in [1.54, 1.807) is 6.26 Å². The number of benzene rings is 1. The number of nitrogens with zero attached hydrogens (tertiary/aromatic N) is 1. The van der Waals surface area contributed by atoms with Crippen LogP contribution in [-0.2, 0) is 13.0 Å². The average Bonchev–Trinajstić information content (AvgIpc) is 3.11. The molecule has 3 aromatic rings. The SMILES string of the molecule is CC(CCc1ccco1)NCc1nc2ccccc2[nH]1. The molecule has 0 radical (unpaired) electrons. The van der Waals surface area contributed by atoms with Crippen LogP contribution >= 0.6 is 0 Å². The molecule has 104 valence electrons. The maximum absolute atomic E-state index is 5.34. The van der Waals surface area contributed by atoms with Crippen molar-refractivity contribution in [1.29, 1.82) is 0 Å². The molecule has 4 nitrogen and oxygen atoms in total. The van der Waals surface area contributed by atoms with E-state index in [0.717, 1.165) is 42.0 Å². The van der Waals surface area contributed by atoms with Crippen molar-refractivity contribution >= 4 is 11.0 Å². The summed E-state index contributed by atoms with van der Waals surface area (Å²) < 4.78 is 5.34. The lowest BCUT2D eigenvalue weighted by Crippen LogP contribution is -2.26. The van der Waals surface area contributed by atoms with E-state index in [-0.39, 0.29) is 0 Å². The number of hydrogen-bond donors (Lipinski definition) is 2. The Morgan fingerprint density at radius 3 is 2.95 bits per heavy atom. The third-order valence-corrected chi connectivity index (χ3v) is 3.46. The summed E-state index contributed by atoms with van der Waals surface area (Å²) in [4.78, 5) is 7.89. The Morgan fingerprint density at radius 2 is 2.15 bits per heavy atom. The Labute approximate surface area is 118 Å². The van der Waals surface area contributed by atoms with Crippen LogP contribution in [0, 0.1) is 0 Å². The number of para-hydroxylation sites is 2. The first-order valence-electron chi connectivity index (χ1n) is 7.00. The minimum absolute atomic E-state index is 0.424. The molecule has 2 heterocycles. The normalized spacial score (nSPS) is 12.8. The van der Waals surface area contributed by atoms with Crippen LogP contribution in [0.15, 0.2) is 47.1 Å². The van der Waals surface area contributed by atoms with Crippen molar-refractivity contribution in [3.8, 4) is 0 Å². The zero-order valence-electron chi connectivity index (χ0n) is 11.6. The molecule has 3 rings (SSSR count). The van der Waals surface area contributed by atoms with E-state index in [1.807, 2.05) is 36.4 Å². The first-order valence-corrected chi connectivity index (χ1v) is 7.00. The summed E-state index contributed by atoms with van der Waals surface area (Å²) in [5.41, 5.74) is 2.11. The van der Waals surface area contributed by atoms with Gasteiger partial charge in [0.15, 0.2) is 0 Å². The third kappa shape index (κ3) is 3.08. The lowest BCUT2D eigenvalue weighted by Gasteiger charge is -2.11. The summed E-state index contributed by atoms with van der Waals surface area (Å²) >= 11 is 0. The smallest absolute Gasteiger partial charge is 0.121 e. The molecule has 1 aromatic carbocycles. The van der Waals surface area contributed by atoms with E-state index in [1.165, 1.54) is 0 Å². The largest absolute Gasteiger partial charge is 0.469 e. The summed E-state index contributed by atoms with van der Waals surface area (Å²) in [5.74, 6) is 2.03. The third-order valence-electron chi connectivity index (χ3n) is 3.46. The van der Waals surface area contributed by atoms with Gasteiger partial charge in [-0.05, 0) is 37.6 Å². The van der Waals surface area contributed by atoms with Gasteiger partial charge in [0.2, 0.25) is 0 Å². The van der Waals surface area contributed by atoms with Gasteiger partial charge in [0.25, 0.3) is 0 Å². The highest BCUT2D eigenvalue weighted by Gasteiger charge is 2.06. The van der Waals surface area contributed by atoms with Gasteiger partial charge >= 0.3 is 0 Å². The van der Waals surface area contributed by atoms with Crippen LogP contribution < -0.4 is 5.32 Å². The van der Waals surface area contributed by atoms with E-state index in [9.17, 15) is 0 Å². The highest BCUT2D eigenvalue weighted by atomic mass is 16.3. The van der Waals surface area contributed by atoms with E-state index >= 15 is 0 Å². The predicted molar refractivity (Wildman–Crippen MR) is 79.4 cm³/mol. The fourth-order valence-corrected chi connectivity index (χ4v) is 2.28. The van der Waals surface area contributed by atoms with Crippen LogP contribution in [0.4, 0.5) is 0 Å². The molecule has 0 fully saturated rings. The molecule has 2 aromatic heterocycles. The molecular weight excluding hydrogens is 250 g/mol. The highest BCUT2D eigenvalue weighted by Crippen LogP contribution is 2.10. The molecule has 0 saturated carbocycles. The van der Waals surface area contributed by atoms with Crippen LogP contribution in [0.2, 0.25) is 0 Å². The number of imidazole rings is 1. The number of aromatic nitrogens is 2. The van der Waals surface area contributed by atoms with Crippen molar-refractivity contribution in [1.82, 2.24) is 15.3 Å². The monoisotopic (exact) mass is 269 g/mol. The Kier molecular flexibility index (Phi) is 3.83. The predicted octanol–water partition coefficient (Wildman–Crippen LogP) is 3.27. The number of hydrogen-bond acceptors (Lipinski definition) is 3. The summed E-state index contributed by atoms with van der Waals surface area (Å²) in [5, 5.41) is 3.49. The number of fused-ring (bicyclic) bond motifs is 1. The number of aryl methyl sites for hydroxylation is 1. The maximum Gasteiger partial charge on any atom is 0.121 e. The minimum atomic E-state index is 0.424. The van der Waals surface area contributed by atoms with Crippen LogP contribution in [-0.4, -0.2) is 16.0 Å². The fourth-order valence-electron chi connectivity index (χ4n) is 2.28. The van der Waals surface area contributed by atoms with Gasteiger partial charge < -0.3 is 14.7 Å². The number of rotatable bonds is 6. The maximum atomic E-state index is 5.34. The zero-order chi connectivity index (χ0) is 13.8. The van der Waals surface area contributed by atoms with Gasteiger partial charge in [0.05, 0.1) is 23.8 Å². The number of H-pyrrole nitrogens is 1. The van der Waals surface area contributed by atoms with Crippen LogP contribution in [0.3, 0.4) is 0 Å². The van der Waals surface area contributed by atoms with Crippen molar-refractivity contribution in [3.05, 3.63) is 54.2 Å². The number of nitrogens with one attached hydrogen (secondary N) is 2. The van der Waals surface area contributed by atoms with Crippen molar-refractivity contribution < 1.29 is 4.42 Å². The van der Waals surface area contributed by atoms with Gasteiger partial charge in [-0.15, -0.1) is 0 Å². The Bertz CT molecular complexity index is 624. The van der Waals surface area contributed by atoms with Crippen LogP contribution in [0.1, 0.15) is 24.9 Å². The van der Waals surface area contributed by atoms with Crippen molar-refractivity contribution in [2.24, 2.45) is 0 Å². The molecule has 20 heavy (non-hydrogen) atoms. The molecule has 0 aliphatic carbocycles. The van der Waals surface area contributed by atoms with Gasteiger partial charge in [-0.3, -0.25) is 0 Å². The Morgan fingerprint density at radius 1 is 1.25 bits per heavy atom. The number of furan rings is 1. The summed E-state index contributed by atoms with van der Waals surface area (Å²) in [6.07, 6.45) is 3.73. The lowest BCUT2D eigenvalue weighted by atomic mass is 10.1. The van der Waals surface area contributed by atoms with E-state index in [4.69, 9.17) is 4.42 Å². The second kappa shape index (κ2) is 5.92. The first-order chi connectivity index (χ1) is 9.81. The molecule has 0 bridgehead atoms. The molecular formula is C16H19N3O. The fraction of sp³-hybridized carbons (Fsp3) is 0.312. The molecule has 0 aliphatic rings. The molecule has 0 spiro atoms. The summed E-state index contributed by atoms with van der Waals surface area (Å²) in [7, 11) is 0. The van der Waals surface area contributed by atoms with Crippen molar-refractivity contribution in [3.63, 3.8) is 0 Å². The topological polar surface area (TPSA) is 53.9 Å². The van der Waals surface area contributed by atoms with Crippen molar-refractivity contribution in [2.75, 3.05) is 0 Å². The Balaban J connectivity index is 1.50. The molecule has 4 heteroatoms. The standard InChI is InChI=1S/C16H19N3O/c1-12(8-9-13-5-4-10-20-13)17-11-16-18-14-6-2-3-7-15(14)19-16/h2-7,10,12,17H,8-9,11H2,1H3,(H,18,19). The van der Waals surface area contributed by atoms with Crippen LogP contribution in [0.25, 0.3) is 11.0 Å². The highest BCUT2D eigenvalue weighted by molar-refractivity contribution is 5.74. The molecule has 2 N–H and O–H groups in total. The molecule has 0 amide bonds. The van der Waals surface area contributed by atoms with Crippen molar-refractivity contribution in [2.45, 2.75) is 32.4 Å². The van der Waals surface area contributed by atoms with Gasteiger partial charge in [0, 0.05) is 12.5 Å². The first kappa shape index (κ1) is 12.9. The van der Waals surface area contributed by atoms with E-state index < -0.39 is 0 Å². The van der Waals surface area contributed by atoms with E-state index in [2.05, 4.69) is 22.2 Å². The Hall–Kier alpha value is -2.07. The zero-order valence-corrected chi connectivity index (χ0v) is 11.6. The number of aromatic amines is 1.